The molecule has 2 amide bonds. The molecule has 0 radical (unpaired) electrons. The molecule has 2 rings (SSSR count). The molecule has 0 bridgehead atoms. The number of rotatable bonds is 5. The number of anilines is 1. The fraction of sp³-hybridized carbons (Fsp3) is 0.231. The summed E-state index contributed by atoms with van der Waals surface area (Å²) in [4.78, 5) is 27.6. The van der Waals surface area contributed by atoms with Crippen molar-refractivity contribution in [1.29, 1.82) is 0 Å². The molecule has 0 saturated heterocycles. The number of aromatic amines is 1. The Morgan fingerprint density at radius 1 is 1.25 bits per heavy atom. The quantitative estimate of drug-likeness (QED) is 0.762. The number of nitrogens with zero attached hydrogens (tertiary/aromatic N) is 2. The lowest BCUT2D eigenvalue weighted by Gasteiger charge is -2.10. The van der Waals surface area contributed by atoms with Crippen LogP contribution < -0.4 is 10.6 Å². The third-order valence-electron chi connectivity index (χ3n) is 2.59. The Morgan fingerprint density at radius 3 is 2.75 bits per heavy atom. The van der Waals surface area contributed by atoms with Crippen molar-refractivity contribution in [3.63, 3.8) is 0 Å². The van der Waals surface area contributed by atoms with Gasteiger partial charge in [0.25, 0.3) is 11.8 Å². The summed E-state index contributed by atoms with van der Waals surface area (Å²) in [6.07, 6.45) is 2.09. The van der Waals surface area contributed by atoms with E-state index in [4.69, 9.17) is 0 Å². The highest BCUT2D eigenvalue weighted by Gasteiger charge is 2.14. The Bertz CT molecular complexity index is 595. The number of H-pyrrole nitrogens is 1. The molecule has 1 heterocycles. The Balaban J connectivity index is 2.15. The third kappa shape index (κ3) is 3.19. The van der Waals surface area contributed by atoms with Crippen LogP contribution in [-0.4, -0.2) is 33.5 Å². The zero-order valence-electron chi connectivity index (χ0n) is 11.0. The van der Waals surface area contributed by atoms with E-state index in [0.717, 1.165) is 6.42 Å². The number of hydrogen-bond donors (Lipinski definition) is 3. The van der Waals surface area contributed by atoms with E-state index in [1.54, 1.807) is 24.3 Å². The van der Waals surface area contributed by atoms with E-state index in [-0.39, 0.29) is 11.7 Å². The van der Waals surface area contributed by atoms with Gasteiger partial charge in [-0.1, -0.05) is 19.1 Å². The normalized spacial score (nSPS) is 10.1. The van der Waals surface area contributed by atoms with Gasteiger partial charge in [0.2, 0.25) is 5.82 Å². The fourth-order valence-electron chi connectivity index (χ4n) is 1.62. The van der Waals surface area contributed by atoms with Crippen molar-refractivity contribution in [2.75, 3.05) is 11.9 Å². The van der Waals surface area contributed by atoms with E-state index >= 15 is 0 Å². The Labute approximate surface area is 115 Å². The first-order valence-electron chi connectivity index (χ1n) is 6.26. The van der Waals surface area contributed by atoms with Crippen molar-refractivity contribution in [2.45, 2.75) is 13.3 Å². The van der Waals surface area contributed by atoms with E-state index in [1.807, 2.05) is 6.92 Å². The summed E-state index contributed by atoms with van der Waals surface area (Å²) in [5.41, 5.74) is 0.844. The van der Waals surface area contributed by atoms with Gasteiger partial charge < -0.3 is 10.6 Å². The highest BCUT2D eigenvalue weighted by molar-refractivity contribution is 6.07. The monoisotopic (exact) mass is 273 g/mol. The summed E-state index contributed by atoms with van der Waals surface area (Å²) < 4.78 is 0. The molecule has 0 saturated carbocycles. The van der Waals surface area contributed by atoms with Gasteiger partial charge in [-0.2, -0.15) is 5.10 Å². The highest BCUT2D eigenvalue weighted by atomic mass is 16.2. The minimum atomic E-state index is -0.446. The topological polar surface area (TPSA) is 99.8 Å². The Hall–Kier alpha value is -2.70. The zero-order chi connectivity index (χ0) is 14.4. The molecule has 0 atom stereocenters. The summed E-state index contributed by atoms with van der Waals surface area (Å²) in [7, 11) is 0. The number of para-hydroxylation sites is 1. The van der Waals surface area contributed by atoms with Crippen LogP contribution in [0.2, 0.25) is 0 Å². The van der Waals surface area contributed by atoms with Gasteiger partial charge >= 0.3 is 0 Å². The lowest BCUT2D eigenvalue weighted by atomic mass is 10.1. The van der Waals surface area contributed by atoms with Crippen LogP contribution in [0.5, 0.6) is 0 Å². The molecule has 1 aromatic heterocycles. The molecule has 0 aliphatic heterocycles. The average molecular weight is 273 g/mol. The maximum atomic E-state index is 12.0. The van der Waals surface area contributed by atoms with Crippen molar-refractivity contribution in [3.05, 3.63) is 42.0 Å². The third-order valence-corrected chi connectivity index (χ3v) is 2.59. The summed E-state index contributed by atoms with van der Waals surface area (Å²) in [5.74, 6) is -0.577. The maximum Gasteiger partial charge on any atom is 0.293 e. The van der Waals surface area contributed by atoms with E-state index in [2.05, 4.69) is 25.8 Å². The van der Waals surface area contributed by atoms with E-state index in [0.29, 0.717) is 17.8 Å². The van der Waals surface area contributed by atoms with Crippen molar-refractivity contribution < 1.29 is 9.59 Å². The molecule has 2 aromatic rings. The smallest absolute Gasteiger partial charge is 0.293 e. The predicted octanol–water partition coefficient (Wildman–Crippen LogP) is 1.20. The SMILES string of the molecule is CCCNC(=O)c1ccccc1NC(=O)c1ncn[nH]1. The number of hydrogen-bond acceptors (Lipinski definition) is 4. The standard InChI is InChI=1S/C13H15N5O2/c1-2-7-14-12(19)9-5-3-4-6-10(9)17-13(20)11-15-8-16-18-11/h3-6,8H,2,7H2,1H3,(H,14,19)(H,17,20)(H,15,16,18). The second-order valence-electron chi connectivity index (χ2n) is 4.09. The number of amides is 2. The van der Waals surface area contributed by atoms with Gasteiger partial charge in [0.05, 0.1) is 11.3 Å². The van der Waals surface area contributed by atoms with Crippen LogP contribution in [-0.2, 0) is 0 Å². The molecule has 0 unspecified atom stereocenters. The molecule has 0 fully saturated rings. The Kier molecular flexibility index (Phi) is 4.43. The van der Waals surface area contributed by atoms with Gasteiger partial charge in [-0.3, -0.25) is 14.7 Å². The van der Waals surface area contributed by atoms with Crippen LogP contribution in [0.25, 0.3) is 0 Å². The molecule has 0 aliphatic carbocycles. The molecule has 0 spiro atoms. The van der Waals surface area contributed by atoms with Crippen molar-refractivity contribution in [2.24, 2.45) is 0 Å². The van der Waals surface area contributed by atoms with Crippen molar-refractivity contribution in [3.8, 4) is 0 Å². The molecule has 1 aromatic carbocycles. The highest BCUT2D eigenvalue weighted by Crippen LogP contribution is 2.15. The van der Waals surface area contributed by atoms with Gasteiger partial charge in [0.15, 0.2) is 0 Å². The first-order chi connectivity index (χ1) is 9.72. The molecule has 7 heteroatoms. The number of aromatic nitrogens is 3. The fourth-order valence-corrected chi connectivity index (χ4v) is 1.62. The number of carbonyl (C=O) groups excluding carboxylic acids is 2. The van der Waals surface area contributed by atoms with Gasteiger partial charge in [-0.15, -0.1) is 0 Å². The average Bonchev–Trinajstić information content (AvgIpc) is 2.99. The van der Waals surface area contributed by atoms with Crippen LogP contribution in [0.15, 0.2) is 30.6 Å². The Morgan fingerprint density at radius 2 is 2.05 bits per heavy atom. The second-order valence-corrected chi connectivity index (χ2v) is 4.09. The molecule has 20 heavy (non-hydrogen) atoms. The van der Waals surface area contributed by atoms with Gasteiger partial charge in [0, 0.05) is 6.54 Å². The number of nitrogens with one attached hydrogen (secondary N) is 3. The van der Waals surface area contributed by atoms with E-state index < -0.39 is 5.91 Å². The lowest BCUT2D eigenvalue weighted by Crippen LogP contribution is -2.26. The van der Waals surface area contributed by atoms with Crippen molar-refractivity contribution >= 4 is 17.5 Å². The summed E-state index contributed by atoms with van der Waals surface area (Å²) in [6, 6.07) is 6.80. The van der Waals surface area contributed by atoms with Gasteiger partial charge in [0.1, 0.15) is 6.33 Å². The van der Waals surface area contributed by atoms with E-state index in [9.17, 15) is 9.59 Å². The maximum absolute atomic E-state index is 12.0. The largest absolute Gasteiger partial charge is 0.352 e. The zero-order valence-corrected chi connectivity index (χ0v) is 11.0. The van der Waals surface area contributed by atoms with Crippen LogP contribution in [0, 0.1) is 0 Å². The van der Waals surface area contributed by atoms with Gasteiger partial charge in [-0.05, 0) is 18.6 Å². The molecule has 7 nitrogen and oxygen atoms in total. The number of carbonyl (C=O) groups is 2. The van der Waals surface area contributed by atoms with Crippen LogP contribution in [0.1, 0.15) is 34.3 Å². The van der Waals surface area contributed by atoms with Crippen LogP contribution in [0.4, 0.5) is 5.69 Å². The molecular formula is C13H15N5O2. The van der Waals surface area contributed by atoms with Crippen LogP contribution in [0.3, 0.4) is 0 Å². The molecular weight excluding hydrogens is 258 g/mol. The molecule has 0 aliphatic rings. The minimum Gasteiger partial charge on any atom is -0.352 e. The minimum absolute atomic E-state index is 0.0915. The second kappa shape index (κ2) is 6.46. The first kappa shape index (κ1) is 13.7. The first-order valence-corrected chi connectivity index (χ1v) is 6.26. The number of benzene rings is 1. The summed E-state index contributed by atoms with van der Waals surface area (Å²) in [6.45, 7) is 2.56. The van der Waals surface area contributed by atoms with Crippen LogP contribution >= 0.6 is 0 Å². The molecule has 104 valence electrons. The molecule has 3 N–H and O–H groups in total. The van der Waals surface area contributed by atoms with Crippen molar-refractivity contribution in [1.82, 2.24) is 20.5 Å². The lowest BCUT2D eigenvalue weighted by molar-refractivity contribution is 0.0954. The van der Waals surface area contributed by atoms with Gasteiger partial charge in [-0.25, -0.2) is 4.98 Å². The predicted molar refractivity (Wildman–Crippen MR) is 73.4 cm³/mol. The summed E-state index contributed by atoms with van der Waals surface area (Å²) in [5, 5.41) is 11.5. The van der Waals surface area contributed by atoms with E-state index in [1.165, 1.54) is 6.33 Å². The summed E-state index contributed by atoms with van der Waals surface area (Å²) >= 11 is 0.